The molecule has 2 bridgehead atoms. The van der Waals surface area contributed by atoms with Crippen molar-refractivity contribution < 1.29 is 51.3 Å². The predicted octanol–water partition coefficient (Wildman–Crippen LogP) is 1.13. The topological polar surface area (TPSA) is 151 Å². The molecule has 1 aliphatic carbocycles. The summed E-state index contributed by atoms with van der Waals surface area (Å²) in [5, 5.41) is 25.1. The van der Waals surface area contributed by atoms with Gasteiger partial charge in [0.15, 0.2) is 6.61 Å². The van der Waals surface area contributed by atoms with Crippen LogP contribution in [0.3, 0.4) is 0 Å². The van der Waals surface area contributed by atoms with E-state index in [0.29, 0.717) is 11.1 Å². The molecule has 0 fully saturated rings. The van der Waals surface area contributed by atoms with Gasteiger partial charge in [-0.05, 0) is 51.0 Å². The standard InChI is InChI=1S/C18H24F2O9S/c1-16(2,23)13-9-5-10(14(13)17(3,4)24)7-11(6-9)28-8-12(21)29-15(22)18(19,20)30(25,26)27/h5-7,13-15,22-24H,8H2,1-4H3,(H,25,26,27). The molecule has 1 aliphatic rings. The minimum absolute atomic E-state index is 0.108. The van der Waals surface area contributed by atoms with Crippen LogP contribution in [-0.4, -0.2) is 63.6 Å². The molecule has 0 aromatic heterocycles. The Morgan fingerprint density at radius 1 is 1.07 bits per heavy atom. The molecule has 1 aromatic carbocycles. The van der Waals surface area contributed by atoms with Gasteiger partial charge in [-0.1, -0.05) is 6.07 Å². The Morgan fingerprint density at radius 3 is 1.87 bits per heavy atom. The third-order valence-corrected chi connectivity index (χ3v) is 5.65. The van der Waals surface area contributed by atoms with Crippen molar-refractivity contribution in [2.45, 2.75) is 62.3 Å². The first-order valence-electron chi connectivity index (χ1n) is 8.80. The van der Waals surface area contributed by atoms with E-state index >= 15 is 0 Å². The van der Waals surface area contributed by atoms with E-state index in [1.54, 1.807) is 33.8 Å². The molecule has 0 spiro atoms. The van der Waals surface area contributed by atoms with Crippen molar-refractivity contribution in [3.63, 3.8) is 0 Å². The molecule has 0 saturated heterocycles. The summed E-state index contributed by atoms with van der Waals surface area (Å²) in [4.78, 5) is 11.6. The number of hydrogen-bond acceptors (Lipinski definition) is 8. The second-order valence-corrected chi connectivity index (χ2v) is 9.76. The Hall–Kier alpha value is -1.86. The van der Waals surface area contributed by atoms with Gasteiger partial charge >= 0.3 is 21.3 Å². The highest BCUT2D eigenvalue weighted by molar-refractivity contribution is 7.86. The molecule has 3 unspecified atom stereocenters. The lowest BCUT2D eigenvalue weighted by atomic mass is 9.72. The molecular weight excluding hydrogens is 430 g/mol. The number of esters is 1. The van der Waals surface area contributed by atoms with E-state index in [0.717, 1.165) is 0 Å². The van der Waals surface area contributed by atoms with Crippen LogP contribution in [0, 0.1) is 0 Å². The monoisotopic (exact) mass is 454 g/mol. The largest absolute Gasteiger partial charge is 0.482 e. The molecule has 0 aliphatic heterocycles. The number of benzene rings is 1. The summed E-state index contributed by atoms with van der Waals surface area (Å²) in [6, 6.07) is 4.75. The van der Waals surface area contributed by atoms with E-state index in [9.17, 15) is 32.2 Å². The van der Waals surface area contributed by atoms with Crippen molar-refractivity contribution in [3.05, 3.63) is 29.3 Å². The maximum Gasteiger partial charge on any atom is 0.430 e. The van der Waals surface area contributed by atoms with Crippen LogP contribution in [0.15, 0.2) is 18.2 Å². The minimum Gasteiger partial charge on any atom is -0.482 e. The van der Waals surface area contributed by atoms with E-state index in [1.807, 2.05) is 0 Å². The van der Waals surface area contributed by atoms with Gasteiger partial charge in [0.05, 0.1) is 11.2 Å². The molecule has 3 atom stereocenters. The van der Waals surface area contributed by atoms with Crippen LogP contribution in [0.4, 0.5) is 8.78 Å². The number of rotatable bonds is 8. The Balaban J connectivity index is 2.15. The molecule has 170 valence electrons. The summed E-state index contributed by atoms with van der Waals surface area (Å²) in [5.41, 5.74) is -1.17. The fourth-order valence-electron chi connectivity index (χ4n) is 3.60. The van der Waals surface area contributed by atoms with Gasteiger partial charge in [-0.15, -0.1) is 0 Å². The normalized spacial score (nSPS) is 20.7. The van der Waals surface area contributed by atoms with E-state index < -0.39 is 57.3 Å². The van der Waals surface area contributed by atoms with Gasteiger partial charge < -0.3 is 24.8 Å². The van der Waals surface area contributed by atoms with Crippen LogP contribution in [0.1, 0.15) is 50.7 Å². The quantitative estimate of drug-likeness (QED) is 0.257. The lowest BCUT2D eigenvalue weighted by Gasteiger charge is -2.38. The Kier molecular flexibility index (Phi) is 6.25. The van der Waals surface area contributed by atoms with Crippen molar-refractivity contribution in [3.8, 4) is 5.75 Å². The van der Waals surface area contributed by atoms with Gasteiger partial charge in [0.1, 0.15) is 5.75 Å². The lowest BCUT2D eigenvalue weighted by molar-refractivity contribution is -0.206. The second kappa shape index (κ2) is 7.68. The summed E-state index contributed by atoms with van der Waals surface area (Å²) in [6.07, 6.45) is -3.43. The smallest absolute Gasteiger partial charge is 0.430 e. The van der Waals surface area contributed by atoms with Gasteiger partial charge in [-0.3, -0.25) is 4.55 Å². The first-order valence-corrected chi connectivity index (χ1v) is 10.2. The SMILES string of the molecule is CC(C)(O)C1c2cc(OCC(=O)OC(O)C(F)(F)S(=O)(=O)O)cc(c2)C1C(C)(C)O. The number of hydrogen-bond donors (Lipinski definition) is 4. The zero-order chi connectivity index (χ0) is 23.3. The summed E-state index contributed by atoms with van der Waals surface area (Å²) >= 11 is 0. The Morgan fingerprint density at radius 2 is 1.50 bits per heavy atom. The fraction of sp³-hybridized carbons (Fsp3) is 0.611. The maximum atomic E-state index is 13.2. The number of fused-ring (bicyclic) bond motifs is 2. The third kappa shape index (κ3) is 4.89. The van der Waals surface area contributed by atoms with Gasteiger partial charge in [0.2, 0.25) is 0 Å². The van der Waals surface area contributed by atoms with E-state index in [-0.39, 0.29) is 5.75 Å². The number of aliphatic hydroxyl groups excluding tert-OH is 1. The molecule has 12 heteroatoms. The van der Waals surface area contributed by atoms with Gasteiger partial charge in [-0.2, -0.15) is 17.2 Å². The highest BCUT2D eigenvalue weighted by Crippen LogP contribution is 2.52. The molecule has 0 saturated carbocycles. The zero-order valence-electron chi connectivity index (χ0n) is 16.7. The Bertz CT molecular complexity index is 878. The van der Waals surface area contributed by atoms with Gasteiger partial charge in [0.25, 0.3) is 6.29 Å². The number of carbonyl (C=O) groups is 1. The van der Waals surface area contributed by atoms with E-state index in [1.165, 1.54) is 12.1 Å². The molecule has 0 heterocycles. The average Bonchev–Trinajstić information content (AvgIpc) is 2.82. The second-order valence-electron chi connectivity index (χ2n) is 8.27. The number of alkyl halides is 2. The van der Waals surface area contributed by atoms with Crippen molar-refractivity contribution in [2.24, 2.45) is 0 Å². The van der Waals surface area contributed by atoms with Crippen molar-refractivity contribution >= 4 is 16.1 Å². The fourth-order valence-corrected chi connectivity index (χ4v) is 3.90. The van der Waals surface area contributed by atoms with E-state index in [4.69, 9.17) is 14.4 Å². The first kappa shape index (κ1) is 24.4. The van der Waals surface area contributed by atoms with Crippen molar-refractivity contribution in [2.75, 3.05) is 6.61 Å². The third-order valence-electron chi connectivity index (χ3n) is 4.76. The van der Waals surface area contributed by atoms with Crippen LogP contribution >= 0.6 is 0 Å². The van der Waals surface area contributed by atoms with Crippen LogP contribution in [0.25, 0.3) is 0 Å². The van der Waals surface area contributed by atoms with E-state index in [2.05, 4.69) is 4.74 Å². The first-order chi connectivity index (χ1) is 13.4. The summed E-state index contributed by atoms with van der Waals surface area (Å²) in [6.45, 7) is 5.38. The lowest BCUT2D eigenvalue weighted by Crippen LogP contribution is -2.44. The predicted molar refractivity (Wildman–Crippen MR) is 98.6 cm³/mol. The molecule has 0 amide bonds. The molecule has 30 heavy (non-hydrogen) atoms. The summed E-state index contributed by atoms with van der Waals surface area (Å²) in [5.74, 6) is -2.40. The molecule has 2 rings (SSSR count). The summed E-state index contributed by atoms with van der Waals surface area (Å²) < 4.78 is 65.0. The van der Waals surface area contributed by atoms with Crippen LogP contribution in [0.5, 0.6) is 5.75 Å². The van der Waals surface area contributed by atoms with Crippen LogP contribution in [-0.2, 0) is 19.6 Å². The molecular formula is C18H24F2O9S. The molecule has 0 radical (unpaired) electrons. The molecule has 4 N–H and O–H groups in total. The van der Waals surface area contributed by atoms with Crippen molar-refractivity contribution in [1.29, 1.82) is 0 Å². The maximum absolute atomic E-state index is 13.2. The molecule has 9 nitrogen and oxygen atoms in total. The number of aliphatic hydroxyl groups is 3. The molecule has 1 aromatic rings. The number of carbonyl (C=O) groups excluding carboxylic acids is 1. The highest BCUT2D eigenvalue weighted by Gasteiger charge is 2.54. The van der Waals surface area contributed by atoms with Gasteiger partial charge in [0, 0.05) is 11.8 Å². The van der Waals surface area contributed by atoms with Crippen molar-refractivity contribution in [1.82, 2.24) is 0 Å². The summed E-state index contributed by atoms with van der Waals surface area (Å²) in [7, 11) is -6.01. The number of halogens is 2. The van der Waals surface area contributed by atoms with Crippen LogP contribution < -0.4 is 4.74 Å². The Labute approximate surface area is 172 Å². The zero-order valence-corrected chi connectivity index (χ0v) is 17.5. The highest BCUT2D eigenvalue weighted by atomic mass is 32.2. The average molecular weight is 454 g/mol. The number of ether oxygens (including phenoxy) is 2. The van der Waals surface area contributed by atoms with Gasteiger partial charge in [-0.25, -0.2) is 4.79 Å². The minimum atomic E-state index is -6.01. The van der Waals surface area contributed by atoms with Crippen LogP contribution in [0.2, 0.25) is 0 Å².